The Hall–Kier alpha value is -0.730. The van der Waals surface area contributed by atoms with Crippen LogP contribution in [-0.4, -0.2) is 69.8 Å². The molecule has 0 radical (unpaired) electrons. The van der Waals surface area contributed by atoms with E-state index in [-0.39, 0.29) is 17.2 Å². The maximum absolute atomic E-state index is 13.1. The van der Waals surface area contributed by atoms with Crippen LogP contribution in [0.3, 0.4) is 0 Å². The second kappa shape index (κ2) is 12.0. The monoisotopic (exact) mass is 613 g/mol. The molecule has 0 aliphatic carbocycles. The van der Waals surface area contributed by atoms with Gasteiger partial charge in [0.2, 0.25) is 0 Å². The highest BCUT2D eigenvalue weighted by Gasteiger charge is 2.49. The second-order valence-corrected chi connectivity index (χ2v) is 18.4. The summed E-state index contributed by atoms with van der Waals surface area (Å²) in [6.07, 6.45) is 1.48. The number of rotatable bonds is 12. The molecule has 3 unspecified atom stereocenters. The molecule has 216 valence electrons. The minimum Gasteiger partial charge on any atom is -0.382 e. The molecule has 3 rings (SSSR count). The van der Waals surface area contributed by atoms with Crippen molar-refractivity contribution in [1.29, 1.82) is 0 Å². The van der Waals surface area contributed by atoms with E-state index in [0.717, 1.165) is 0 Å². The van der Waals surface area contributed by atoms with Gasteiger partial charge in [0.25, 0.3) is 0 Å². The zero-order chi connectivity index (χ0) is 28.5. The van der Waals surface area contributed by atoms with E-state index >= 15 is 0 Å². The largest absolute Gasteiger partial charge is 0.382 e. The van der Waals surface area contributed by atoms with Crippen LogP contribution in [0, 0.1) is 0 Å². The molecule has 1 aliphatic rings. The van der Waals surface area contributed by atoms with Gasteiger partial charge in [0.1, 0.15) is 30.1 Å². The second-order valence-electron chi connectivity index (χ2n) is 10.6. The van der Waals surface area contributed by atoms with Gasteiger partial charge in [-0.1, -0.05) is 56.2 Å². The summed E-state index contributed by atoms with van der Waals surface area (Å²) in [4.78, 5) is 33.3. The van der Waals surface area contributed by atoms with E-state index in [2.05, 4.69) is 35.7 Å². The van der Waals surface area contributed by atoms with Crippen LogP contribution in [0.1, 0.15) is 61.1 Å². The number of nitrogens with zero attached hydrogens (tertiary/aromatic N) is 4. The van der Waals surface area contributed by atoms with Crippen molar-refractivity contribution in [1.82, 2.24) is 19.5 Å². The van der Waals surface area contributed by atoms with E-state index in [1.165, 1.54) is 34.0 Å². The molecule has 0 spiro atoms. The summed E-state index contributed by atoms with van der Waals surface area (Å²) in [5, 5.41) is -1.94. The minimum absolute atomic E-state index is 0.0395. The van der Waals surface area contributed by atoms with Crippen molar-refractivity contribution in [2.75, 3.05) is 18.3 Å². The van der Waals surface area contributed by atoms with Crippen molar-refractivity contribution >= 4 is 53.8 Å². The third-order valence-corrected chi connectivity index (χ3v) is 12.7. The fourth-order valence-corrected chi connectivity index (χ4v) is 7.68. The van der Waals surface area contributed by atoms with Crippen LogP contribution in [0.5, 0.6) is 0 Å². The molecule has 1 saturated heterocycles. The standard InChI is InChI=1S/C21H37N5O8P2S2/c1-13(2)35(27,28)34-21(6,7)36(29,30)32-9-15-14(31-12-37-38-20(3,4)5)8-16(33-15)26-11-25-17-18(22)23-10-24-19(17)26/h10-11,13-16H,8-9,12H2,1-7H3,(H,27,28)(H,29,30)(H2,22,23,24)/t14?,15-,16-/m1/s1. The maximum Gasteiger partial charge on any atom is 0.359 e. The normalized spacial score (nSPS) is 24.1. The van der Waals surface area contributed by atoms with Gasteiger partial charge in [0.05, 0.1) is 24.7 Å². The number of imidazole rings is 1. The Morgan fingerprint density at radius 2 is 1.89 bits per heavy atom. The minimum atomic E-state index is -4.55. The van der Waals surface area contributed by atoms with Crippen molar-refractivity contribution in [3.63, 3.8) is 0 Å². The summed E-state index contributed by atoms with van der Waals surface area (Å²) < 4.78 is 50.2. The highest BCUT2D eigenvalue weighted by Crippen LogP contribution is 2.63. The Bertz CT molecular complexity index is 1210. The first-order valence-corrected chi connectivity index (χ1v) is 17.5. The molecule has 1 fully saturated rings. The lowest BCUT2D eigenvalue weighted by atomic mass is 10.2. The van der Waals surface area contributed by atoms with Gasteiger partial charge in [-0.3, -0.25) is 18.2 Å². The van der Waals surface area contributed by atoms with E-state index in [0.29, 0.717) is 23.5 Å². The first-order valence-electron chi connectivity index (χ1n) is 11.9. The third-order valence-electron chi connectivity index (χ3n) is 5.62. The van der Waals surface area contributed by atoms with Crippen molar-refractivity contribution < 1.29 is 37.4 Å². The maximum atomic E-state index is 13.1. The van der Waals surface area contributed by atoms with Crippen molar-refractivity contribution in [3.8, 4) is 0 Å². The summed E-state index contributed by atoms with van der Waals surface area (Å²) in [5.74, 6) is 0.591. The molecule has 5 atom stereocenters. The Kier molecular flexibility index (Phi) is 10.1. The van der Waals surface area contributed by atoms with E-state index in [1.54, 1.807) is 32.5 Å². The summed E-state index contributed by atoms with van der Waals surface area (Å²) in [6.45, 7) is 11.4. The molecule has 0 aromatic carbocycles. The molecular weight excluding hydrogens is 576 g/mol. The number of anilines is 1. The van der Waals surface area contributed by atoms with Crippen LogP contribution in [0.15, 0.2) is 12.7 Å². The molecule has 13 nitrogen and oxygen atoms in total. The number of ether oxygens (including phenoxy) is 2. The molecular formula is C21H37N5O8P2S2. The van der Waals surface area contributed by atoms with Crippen molar-refractivity contribution in [2.45, 2.75) is 89.1 Å². The quantitative estimate of drug-likeness (QED) is 0.129. The topological polar surface area (TPSA) is 181 Å². The van der Waals surface area contributed by atoms with Crippen LogP contribution in [0.25, 0.3) is 11.2 Å². The zero-order valence-corrected chi connectivity index (χ0v) is 25.9. The summed E-state index contributed by atoms with van der Waals surface area (Å²) in [7, 11) is -5.48. The molecule has 38 heavy (non-hydrogen) atoms. The Morgan fingerprint density at radius 1 is 1.21 bits per heavy atom. The van der Waals surface area contributed by atoms with Crippen molar-refractivity contribution in [2.24, 2.45) is 0 Å². The molecule has 2 aromatic heterocycles. The van der Waals surface area contributed by atoms with E-state index < -0.39 is 44.6 Å². The lowest BCUT2D eigenvalue weighted by molar-refractivity contribution is -0.0520. The van der Waals surface area contributed by atoms with Crippen LogP contribution < -0.4 is 5.73 Å². The Labute approximate surface area is 230 Å². The number of fused-ring (bicyclic) bond motifs is 1. The fourth-order valence-electron chi connectivity index (χ4n) is 3.40. The van der Waals surface area contributed by atoms with Crippen LogP contribution >= 0.6 is 36.8 Å². The first-order chi connectivity index (χ1) is 17.4. The lowest BCUT2D eigenvalue weighted by Crippen LogP contribution is -2.32. The molecule has 2 aromatic rings. The molecule has 4 N–H and O–H groups in total. The van der Waals surface area contributed by atoms with Gasteiger partial charge < -0.3 is 29.5 Å². The molecule has 0 saturated carbocycles. The van der Waals surface area contributed by atoms with Crippen molar-refractivity contribution in [3.05, 3.63) is 12.7 Å². The SMILES string of the molecule is CC(C)P(=O)(O)OC(C)(C)P(=O)(O)OC[C@H]1O[C@@H](n2cnc3c(N)ncnc32)CC1OCSSC(C)(C)C. The van der Waals surface area contributed by atoms with Crippen LogP contribution in [-0.2, 0) is 27.7 Å². The predicted molar refractivity (Wildman–Crippen MR) is 149 cm³/mol. The van der Waals surface area contributed by atoms with Gasteiger partial charge in [-0.15, -0.1) is 0 Å². The number of nitrogen functional groups attached to an aromatic ring is 1. The lowest BCUT2D eigenvalue weighted by Gasteiger charge is -2.33. The number of aromatic nitrogens is 4. The van der Waals surface area contributed by atoms with Crippen LogP contribution in [0.2, 0.25) is 0 Å². The van der Waals surface area contributed by atoms with E-state index in [4.69, 9.17) is 24.3 Å². The zero-order valence-electron chi connectivity index (χ0n) is 22.5. The fraction of sp³-hybridized carbons (Fsp3) is 0.762. The average molecular weight is 614 g/mol. The van der Waals surface area contributed by atoms with Gasteiger partial charge in [0.15, 0.2) is 16.8 Å². The van der Waals surface area contributed by atoms with Gasteiger partial charge in [-0.2, -0.15) is 0 Å². The van der Waals surface area contributed by atoms with Gasteiger partial charge >= 0.3 is 15.2 Å². The highest BCUT2D eigenvalue weighted by atomic mass is 33.1. The molecule has 3 heterocycles. The molecule has 0 amide bonds. The Balaban J connectivity index is 1.75. The van der Waals surface area contributed by atoms with Crippen LogP contribution in [0.4, 0.5) is 5.82 Å². The summed E-state index contributed by atoms with van der Waals surface area (Å²) in [5.41, 5.74) is 6.07. The van der Waals surface area contributed by atoms with E-state index in [1.807, 2.05) is 0 Å². The van der Waals surface area contributed by atoms with Gasteiger partial charge in [0, 0.05) is 11.2 Å². The summed E-state index contributed by atoms with van der Waals surface area (Å²) in [6, 6.07) is 0. The third kappa shape index (κ3) is 7.72. The first kappa shape index (κ1) is 31.8. The molecule has 0 bridgehead atoms. The Morgan fingerprint density at radius 3 is 2.53 bits per heavy atom. The highest BCUT2D eigenvalue weighted by molar-refractivity contribution is 8.77. The smallest absolute Gasteiger partial charge is 0.359 e. The summed E-state index contributed by atoms with van der Waals surface area (Å²) >= 11 is 0. The van der Waals surface area contributed by atoms with E-state index in [9.17, 15) is 18.9 Å². The average Bonchev–Trinajstić information content (AvgIpc) is 3.38. The van der Waals surface area contributed by atoms with Gasteiger partial charge in [-0.25, -0.2) is 15.0 Å². The number of nitrogens with two attached hydrogens (primary N) is 1. The molecule has 1 aliphatic heterocycles. The van der Waals surface area contributed by atoms with Gasteiger partial charge in [-0.05, 0) is 13.8 Å². The number of hydrogen-bond donors (Lipinski definition) is 3. The number of hydrogen-bond acceptors (Lipinski definition) is 12. The predicted octanol–water partition coefficient (Wildman–Crippen LogP) is 4.77. The molecule has 17 heteroatoms.